The van der Waals surface area contributed by atoms with Crippen LogP contribution in [0.3, 0.4) is 0 Å². The fourth-order valence-corrected chi connectivity index (χ4v) is 2.19. The van der Waals surface area contributed by atoms with Crippen LogP contribution in [0.5, 0.6) is 11.5 Å². The fraction of sp³-hybridized carbons (Fsp3) is 0.188. The van der Waals surface area contributed by atoms with E-state index in [-0.39, 0.29) is 12.2 Å². The highest BCUT2D eigenvalue weighted by molar-refractivity contribution is 6.34. The van der Waals surface area contributed by atoms with Crippen LogP contribution in [0.4, 0.5) is 0 Å². The summed E-state index contributed by atoms with van der Waals surface area (Å²) in [6, 6.07) is 12.5. The van der Waals surface area contributed by atoms with Gasteiger partial charge in [0.2, 0.25) is 0 Å². The van der Waals surface area contributed by atoms with Crippen molar-refractivity contribution in [3.05, 3.63) is 58.6 Å². The Labute approximate surface area is 123 Å². The Hall–Kier alpha value is -2.00. The minimum Gasteiger partial charge on any atom is -0.497 e. The van der Waals surface area contributed by atoms with Gasteiger partial charge in [-0.2, -0.15) is 0 Å². The second-order valence-corrected chi connectivity index (χ2v) is 4.70. The number of ketones is 1. The van der Waals surface area contributed by atoms with Crippen molar-refractivity contribution < 1.29 is 14.3 Å². The number of ether oxygens (including phenoxy) is 2. The number of benzene rings is 2. The highest BCUT2D eigenvalue weighted by Crippen LogP contribution is 2.24. The Balaban J connectivity index is 2.19. The third-order valence-electron chi connectivity index (χ3n) is 2.98. The van der Waals surface area contributed by atoms with Gasteiger partial charge in [0.25, 0.3) is 0 Å². The Kier molecular flexibility index (Phi) is 4.64. The van der Waals surface area contributed by atoms with E-state index < -0.39 is 0 Å². The summed E-state index contributed by atoms with van der Waals surface area (Å²) >= 11 is 6.10. The molecule has 2 aromatic carbocycles. The van der Waals surface area contributed by atoms with Crippen LogP contribution < -0.4 is 9.47 Å². The zero-order valence-corrected chi connectivity index (χ0v) is 12.1. The van der Waals surface area contributed by atoms with Crippen LogP contribution >= 0.6 is 11.6 Å². The monoisotopic (exact) mass is 290 g/mol. The molecule has 0 aliphatic carbocycles. The molecule has 4 heteroatoms. The van der Waals surface area contributed by atoms with E-state index in [0.29, 0.717) is 16.3 Å². The van der Waals surface area contributed by atoms with Gasteiger partial charge in [0.05, 0.1) is 19.2 Å². The predicted octanol–water partition coefficient (Wildman–Crippen LogP) is 3.78. The largest absolute Gasteiger partial charge is 0.497 e. The molecule has 0 aliphatic rings. The quantitative estimate of drug-likeness (QED) is 0.786. The fourth-order valence-electron chi connectivity index (χ4n) is 1.91. The van der Waals surface area contributed by atoms with Gasteiger partial charge in [-0.1, -0.05) is 23.7 Å². The topological polar surface area (TPSA) is 35.5 Å². The SMILES string of the molecule is COc1cccc(CC(=O)c2ccc(OC)cc2Cl)c1. The Bertz CT molecular complexity index is 623. The van der Waals surface area contributed by atoms with Gasteiger partial charge in [0, 0.05) is 12.0 Å². The van der Waals surface area contributed by atoms with Gasteiger partial charge in [0.15, 0.2) is 5.78 Å². The molecule has 0 amide bonds. The second-order valence-electron chi connectivity index (χ2n) is 4.30. The summed E-state index contributed by atoms with van der Waals surface area (Å²) in [4.78, 5) is 12.3. The maximum atomic E-state index is 12.3. The summed E-state index contributed by atoms with van der Waals surface area (Å²) in [6.07, 6.45) is 0.281. The normalized spacial score (nSPS) is 10.2. The summed E-state index contributed by atoms with van der Waals surface area (Å²) in [7, 11) is 3.16. The first kappa shape index (κ1) is 14.4. The van der Waals surface area contributed by atoms with Crippen molar-refractivity contribution in [2.45, 2.75) is 6.42 Å². The molecule has 20 heavy (non-hydrogen) atoms. The molecule has 3 nitrogen and oxygen atoms in total. The van der Waals surface area contributed by atoms with Crippen molar-refractivity contribution >= 4 is 17.4 Å². The number of methoxy groups -OCH3 is 2. The summed E-state index contributed by atoms with van der Waals surface area (Å²) in [5.74, 6) is 1.33. The van der Waals surface area contributed by atoms with E-state index in [0.717, 1.165) is 11.3 Å². The van der Waals surface area contributed by atoms with Crippen LogP contribution in [0, 0.1) is 0 Å². The van der Waals surface area contributed by atoms with Crippen LogP contribution in [0.15, 0.2) is 42.5 Å². The lowest BCUT2D eigenvalue weighted by Crippen LogP contribution is -2.04. The van der Waals surface area contributed by atoms with Gasteiger partial charge in [-0.3, -0.25) is 4.79 Å². The molecule has 0 unspecified atom stereocenters. The molecule has 0 atom stereocenters. The maximum absolute atomic E-state index is 12.3. The Morgan fingerprint density at radius 2 is 1.75 bits per heavy atom. The predicted molar refractivity (Wildman–Crippen MR) is 79.0 cm³/mol. The lowest BCUT2D eigenvalue weighted by atomic mass is 10.0. The van der Waals surface area contributed by atoms with Gasteiger partial charge in [-0.15, -0.1) is 0 Å². The first-order valence-electron chi connectivity index (χ1n) is 6.13. The van der Waals surface area contributed by atoms with E-state index in [1.807, 2.05) is 24.3 Å². The molecule has 0 aromatic heterocycles. The van der Waals surface area contributed by atoms with E-state index in [1.165, 1.54) is 0 Å². The molecule has 0 fully saturated rings. The molecular weight excluding hydrogens is 276 g/mol. The van der Waals surface area contributed by atoms with E-state index in [4.69, 9.17) is 21.1 Å². The molecule has 0 radical (unpaired) electrons. The maximum Gasteiger partial charge on any atom is 0.168 e. The molecular formula is C16H15ClO3. The Morgan fingerprint density at radius 1 is 1.05 bits per heavy atom. The summed E-state index contributed by atoms with van der Waals surface area (Å²) in [6.45, 7) is 0. The molecule has 104 valence electrons. The number of carbonyl (C=O) groups is 1. The average molecular weight is 291 g/mol. The number of halogens is 1. The van der Waals surface area contributed by atoms with Crippen LogP contribution in [-0.2, 0) is 6.42 Å². The van der Waals surface area contributed by atoms with Crippen LogP contribution in [0.1, 0.15) is 15.9 Å². The zero-order chi connectivity index (χ0) is 14.5. The molecule has 0 heterocycles. The van der Waals surface area contributed by atoms with E-state index in [9.17, 15) is 4.79 Å². The minimum atomic E-state index is -0.0362. The molecule has 2 aromatic rings. The summed E-state index contributed by atoms with van der Waals surface area (Å²) < 4.78 is 10.2. The first-order valence-corrected chi connectivity index (χ1v) is 6.51. The first-order chi connectivity index (χ1) is 9.63. The van der Waals surface area contributed by atoms with Crippen LogP contribution in [-0.4, -0.2) is 20.0 Å². The average Bonchev–Trinajstić information content (AvgIpc) is 2.47. The smallest absolute Gasteiger partial charge is 0.168 e. The lowest BCUT2D eigenvalue weighted by Gasteiger charge is -2.07. The van der Waals surface area contributed by atoms with Gasteiger partial charge in [-0.05, 0) is 35.9 Å². The summed E-state index contributed by atoms with van der Waals surface area (Å²) in [5.41, 5.74) is 1.39. The third-order valence-corrected chi connectivity index (χ3v) is 3.29. The number of hydrogen-bond acceptors (Lipinski definition) is 3. The Morgan fingerprint density at radius 3 is 2.40 bits per heavy atom. The molecule has 0 N–H and O–H groups in total. The molecule has 2 rings (SSSR count). The number of hydrogen-bond donors (Lipinski definition) is 0. The highest BCUT2D eigenvalue weighted by Gasteiger charge is 2.12. The molecule has 0 bridgehead atoms. The number of carbonyl (C=O) groups excluding carboxylic acids is 1. The van der Waals surface area contributed by atoms with Gasteiger partial charge in [0.1, 0.15) is 11.5 Å². The van der Waals surface area contributed by atoms with Crippen molar-refractivity contribution in [1.29, 1.82) is 0 Å². The number of rotatable bonds is 5. The molecule has 0 saturated carbocycles. The zero-order valence-electron chi connectivity index (χ0n) is 11.4. The van der Waals surface area contributed by atoms with Crippen molar-refractivity contribution in [1.82, 2.24) is 0 Å². The third kappa shape index (κ3) is 3.31. The van der Waals surface area contributed by atoms with Crippen LogP contribution in [0.25, 0.3) is 0 Å². The van der Waals surface area contributed by atoms with Gasteiger partial charge < -0.3 is 9.47 Å². The number of Topliss-reactive ketones (excluding diaryl/α,β-unsaturated/α-hetero) is 1. The van der Waals surface area contributed by atoms with Crippen LogP contribution in [0.2, 0.25) is 5.02 Å². The van der Waals surface area contributed by atoms with Gasteiger partial charge >= 0.3 is 0 Å². The van der Waals surface area contributed by atoms with E-state index in [2.05, 4.69) is 0 Å². The van der Waals surface area contributed by atoms with Crippen molar-refractivity contribution in [3.63, 3.8) is 0 Å². The second kappa shape index (κ2) is 6.44. The lowest BCUT2D eigenvalue weighted by molar-refractivity contribution is 0.0993. The van der Waals surface area contributed by atoms with Crippen molar-refractivity contribution in [2.75, 3.05) is 14.2 Å². The van der Waals surface area contributed by atoms with E-state index in [1.54, 1.807) is 32.4 Å². The van der Waals surface area contributed by atoms with E-state index >= 15 is 0 Å². The van der Waals surface area contributed by atoms with Crippen molar-refractivity contribution in [2.24, 2.45) is 0 Å². The standard InChI is InChI=1S/C16H15ClO3/c1-19-12-5-3-4-11(8-12)9-16(18)14-7-6-13(20-2)10-15(14)17/h3-8,10H,9H2,1-2H3. The highest BCUT2D eigenvalue weighted by atomic mass is 35.5. The van der Waals surface area contributed by atoms with Gasteiger partial charge in [-0.25, -0.2) is 0 Å². The molecule has 0 saturated heterocycles. The molecule has 0 aliphatic heterocycles. The minimum absolute atomic E-state index is 0.0362. The molecule has 0 spiro atoms. The summed E-state index contributed by atoms with van der Waals surface area (Å²) in [5, 5.41) is 0.400. The van der Waals surface area contributed by atoms with Crippen molar-refractivity contribution in [3.8, 4) is 11.5 Å².